The zero-order valence-electron chi connectivity index (χ0n) is 12.6. The van der Waals surface area contributed by atoms with Gasteiger partial charge < -0.3 is 15.1 Å². The molecule has 4 nitrogen and oxygen atoms in total. The number of carbonyl (C=O) groups is 1. The van der Waals surface area contributed by atoms with Gasteiger partial charge in [0.15, 0.2) is 0 Å². The van der Waals surface area contributed by atoms with Crippen molar-refractivity contribution in [1.82, 2.24) is 10.2 Å². The fourth-order valence-electron chi connectivity index (χ4n) is 3.33. The number of benzene rings is 1. The fourth-order valence-corrected chi connectivity index (χ4v) is 3.33. The maximum atomic E-state index is 12.4. The molecule has 0 saturated carbocycles. The van der Waals surface area contributed by atoms with Crippen LogP contribution in [0.2, 0.25) is 0 Å². The Morgan fingerprint density at radius 2 is 1.95 bits per heavy atom. The number of nitrogens with zero attached hydrogens (tertiary/aromatic N) is 2. The monoisotopic (exact) mass is 287 g/mol. The lowest BCUT2D eigenvalue weighted by Gasteiger charge is -2.24. The molecule has 3 rings (SSSR count). The van der Waals surface area contributed by atoms with E-state index in [1.165, 1.54) is 12.1 Å². The zero-order chi connectivity index (χ0) is 14.5. The Morgan fingerprint density at radius 3 is 2.71 bits per heavy atom. The minimum Gasteiger partial charge on any atom is -0.370 e. The summed E-state index contributed by atoms with van der Waals surface area (Å²) >= 11 is 0. The zero-order valence-corrected chi connectivity index (χ0v) is 12.6. The predicted octanol–water partition coefficient (Wildman–Crippen LogP) is 1.87. The van der Waals surface area contributed by atoms with E-state index in [1.54, 1.807) is 0 Å². The Labute approximate surface area is 127 Å². The molecular formula is C17H25N3O. The van der Waals surface area contributed by atoms with Crippen LogP contribution >= 0.6 is 0 Å². The van der Waals surface area contributed by atoms with E-state index in [9.17, 15) is 4.79 Å². The number of amides is 1. The van der Waals surface area contributed by atoms with E-state index in [2.05, 4.69) is 39.4 Å². The second-order valence-electron chi connectivity index (χ2n) is 6.05. The quantitative estimate of drug-likeness (QED) is 0.922. The molecule has 2 fully saturated rings. The Hall–Kier alpha value is -1.55. The third-order valence-corrected chi connectivity index (χ3v) is 4.55. The molecule has 1 atom stereocenters. The minimum atomic E-state index is 0.323. The van der Waals surface area contributed by atoms with Gasteiger partial charge in [-0.05, 0) is 37.9 Å². The third kappa shape index (κ3) is 3.76. The van der Waals surface area contributed by atoms with Crippen LogP contribution in [0, 0.1) is 0 Å². The van der Waals surface area contributed by atoms with E-state index in [0.717, 1.165) is 45.6 Å². The molecule has 0 aliphatic carbocycles. The normalized spacial score (nSPS) is 23.1. The van der Waals surface area contributed by atoms with Gasteiger partial charge in [0.05, 0.1) is 0 Å². The van der Waals surface area contributed by atoms with Crippen LogP contribution in [0.5, 0.6) is 0 Å². The molecule has 0 radical (unpaired) electrons. The number of para-hydroxylation sites is 1. The number of rotatable bonds is 3. The summed E-state index contributed by atoms with van der Waals surface area (Å²) in [5, 5.41) is 3.42. The summed E-state index contributed by atoms with van der Waals surface area (Å²) in [4.78, 5) is 16.9. The summed E-state index contributed by atoms with van der Waals surface area (Å²) in [5.74, 6) is 0.323. The average molecular weight is 287 g/mol. The number of hydrogen-bond acceptors (Lipinski definition) is 3. The molecule has 1 aromatic carbocycles. The number of nitrogens with one attached hydrogen (secondary N) is 1. The SMILES string of the molecule is O=C(CC1CCCN1)N1CCCN(c2ccccc2)CC1. The van der Waals surface area contributed by atoms with Crippen LogP contribution in [0.1, 0.15) is 25.7 Å². The summed E-state index contributed by atoms with van der Waals surface area (Å²) in [6.45, 7) is 4.79. The van der Waals surface area contributed by atoms with E-state index in [0.29, 0.717) is 18.4 Å². The lowest BCUT2D eigenvalue weighted by molar-refractivity contribution is -0.131. The maximum absolute atomic E-state index is 12.4. The van der Waals surface area contributed by atoms with Crippen molar-refractivity contribution in [2.45, 2.75) is 31.7 Å². The summed E-state index contributed by atoms with van der Waals surface area (Å²) in [6.07, 6.45) is 4.08. The van der Waals surface area contributed by atoms with Crippen molar-refractivity contribution in [3.8, 4) is 0 Å². The molecule has 1 aromatic rings. The van der Waals surface area contributed by atoms with Crippen LogP contribution in [-0.4, -0.2) is 49.6 Å². The summed E-state index contributed by atoms with van der Waals surface area (Å²) in [7, 11) is 0. The number of anilines is 1. The van der Waals surface area contributed by atoms with Crippen LogP contribution in [0.4, 0.5) is 5.69 Å². The van der Waals surface area contributed by atoms with E-state index in [1.807, 2.05) is 6.07 Å². The molecule has 0 bridgehead atoms. The topological polar surface area (TPSA) is 35.6 Å². The molecule has 4 heteroatoms. The average Bonchev–Trinajstić information content (AvgIpc) is 2.89. The molecule has 1 N–H and O–H groups in total. The smallest absolute Gasteiger partial charge is 0.224 e. The second kappa shape index (κ2) is 6.94. The minimum absolute atomic E-state index is 0.323. The second-order valence-corrected chi connectivity index (χ2v) is 6.05. The molecule has 1 amide bonds. The maximum Gasteiger partial charge on any atom is 0.224 e. The van der Waals surface area contributed by atoms with Crippen molar-refractivity contribution in [2.24, 2.45) is 0 Å². The van der Waals surface area contributed by atoms with Gasteiger partial charge in [0.25, 0.3) is 0 Å². The molecule has 21 heavy (non-hydrogen) atoms. The van der Waals surface area contributed by atoms with Gasteiger partial charge in [-0.3, -0.25) is 4.79 Å². The van der Waals surface area contributed by atoms with Crippen LogP contribution < -0.4 is 10.2 Å². The Bertz CT molecular complexity index is 456. The first-order chi connectivity index (χ1) is 10.3. The molecular weight excluding hydrogens is 262 g/mol. The van der Waals surface area contributed by atoms with Gasteiger partial charge in [-0.25, -0.2) is 0 Å². The Balaban J connectivity index is 1.54. The highest BCUT2D eigenvalue weighted by Gasteiger charge is 2.23. The molecule has 2 aliphatic heterocycles. The van der Waals surface area contributed by atoms with Crippen molar-refractivity contribution >= 4 is 11.6 Å². The highest BCUT2D eigenvalue weighted by molar-refractivity contribution is 5.77. The lowest BCUT2D eigenvalue weighted by Crippen LogP contribution is -2.38. The molecule has 0 aromatic heterocycles. The van der Waals surface area contributed by atoms with Gasteiger partial charge in [0, 0.05) is 44.3 Å². The highest BCUT2D eigenvalue weighted by Crippen LogP contribution is 2.17. The lowest BCUT2D eigenvalue weighted by atomic mass is 10.1. The van der Waals surface area contributed by atoms with Gasteiger partial charge >= 0.3 is 0 Å². The standard InChI is InChI=1S/C17H25N3O/c21-17(14-15-6-4-9-18-15)20-11-5-10-19(12-13-20)16-7-2-1-3-8-16/h1-3,7-8,15,18H,4-6,9-14H2. The van der Waals surface area contributed by atoms with E-state index >= 15 is 0 Å². The van der Waals surface area contributed by atoms with Crippen LogP contribution in [0.25, 0.3) is 0 Å². The molecule has 1 unspecified atom stereocenters. The van der Waals surface area contributed by atoms with Crippen molar-refractivity contribution in [1.29, 1.82) is 0 Å². The fraction of sp³-hybridized carbons (Fsp3) is 0.588. The third-order valence-electron chi connectivity index (χ3n) is 4.55. The first-order valence-electron chi connectivity index (χ1n) is 8.14. The van der Waals surface area contributed by atoms with E-state index in [4.69, 9.17) is 0 Å². The highest BCUT2D eigenvalue weighted by atomic mass is 16.2. The van der Waals surface area contributed by atoms with Crippen molar-refractivity contribution in [2.75, 3.05) is 37.6 Å². The van der Waals surface area contributed by atoms with Crippen LogP contribution in [-0.2, 0) is 4.79 Å². The molecule has 114 valence electrons. The largest absolute Gasteiger partial charge is 0.370 e. The molecule has 2 saturated heterocycles. The van der Waals surface area contributed by atoms with Gasteiger partial charge in [-0.2, -0.15) is 0 Å². The van der Waals surface area contributed by atoms with Gasteiger partial charge in [0.2, 0.25) is 5.91 Å². The molecule has 0 spiro atoms. The van der Waals surface area contributed by atoms with Crippen molar-refractivity contribution < 1.29 is 4.79 Å². The Kier molecular flexibility index (Phi) is 4.76. The van der Waals surface area contributed by atoms with E-state index < -0.39 is 0 Å². The van der Waals surface area contributed by atoms with Crippen LogP contribution in [0.15, 0.2) is 30.3 Å². The van der Waals surface area contributed by atoms with Gasteiger partial charge in [-0.15, -0.1) is 0 Å². The van der Waals surface area contributed by atoms with Gasteiger partial charge in [0.1, 0.15) is 0 Å². The van der Waals surface area contributed by atoms with Crippen molar-refractivity contribution in [3.63, 3.8) is 0 Å². The first-order valence-corrected chi connectivity index (χ1v) is 8.14. The van der Waals surface area contributed by atoms with Gasteiger partial charge in [-0.1, -0.05) is 18.2 Å². The number of hydrogen-bond donors (Lipinski definition) is 1. The van der Waals surface area contributed by atoms with Crippen molar-refractivity contribution in [3.05, 3.63) is 30.3 Å². The first kappa shape index (κ1) is 14.4. The molecule has 2 heterocycles. The molecule has 2 aliphatic rings. The van der Waals surface area contributed by atoms with E-state index in [-0.39, 0.29) is 0 Å². The summed E-state index contributed by atoms with van der Waals surface area (Å²) in [5.41, 5.74) is 1.27. The summed E-state index contributed by atoms with van der Waals surface area (Å²) in [6, 6.07) is 10.9. The summed E-state index contributed by atoms with van der Waals surface area (Å²) < 4.78 is 0. The Morgan fingerprint density at radius 1 is 1.10 bits per heavy atom. The van der Waals surface area contributed by atoms with Crippen LogP contribution in [0.3, 0.4) is 0 Å². The predicted molar refractivity (Wildman–Crippen MR) is 85.5 cm³/mol. The number of carbonyl (C=O) groups excluding carboxylic acids is 1.